The van der Waals surface area contributed by atoms with Crippen molar-refractivity contribution in [3.05, 3.63) is 59.8 Å². The lowest BCUT2D eigenvalue weighted by Crippen LogP contribution is -2.57. The van der Waals surface area contributed by atoms with Crippen LogP contribution in [0.15, 0.2) is 48.7 Å². The highest BCUT2D eigenvalue weighted by Crippen LogP contribution is 2.29. The van der Waals surface area contributed by atoms with Crippen LogP contribution in [-0.4, -0.2) is 81.2 Å². The van der Waals surface area contributed by atoms with Crippen molar-refractivity contribution in [2.75, 3.05) is 38.0 Å². The normalized spacial score (nSPS) is 22.5. The van der Waals surface area contributed by atoms with Crippen LogP contribution in [0.4, 0.5) is 24.8 Å². The number of piperidine rings is 3. The first-order valence-electron chi connectivity index (χ1n) is 14.0. The number of rotatable bonds is 7. The van der Waals surface area contributed by atoms with Crippen molar-refractivity contribution in [1.82, 2.24) is 29.7 Å². The second kappa shape index (κ2) is 11.2. The van der Waals surface area contributed by atoms with E-state index < -0.39 is 24.9 Å². The van der Waals surface area contributed by atoms with Crippen LogP contribution in [0.5, 0.6) is 0 Å². The second-order valence-corrected chi connectivity index (χ2v) is 11.0. The van der Waals surface area contributed by atoms with E-state index in [0.29, 0.717) is 36.0 Å². The number of hydrogen-bond donors (Lipinski definition) is 2. The third kappa shape index (κ3) is 6.22. The van der Waals surface area contributed by atoms with Crippen LogP contribution < -0.4 is 10.6 Å². The topological polar surface area (TPSA) is 94.9 Å². The zero-order valence-corrected chi connectivity index (χ0v) is 22.5. The number of carbonyl (C=O) groups is 2. The predicted octanol–water partition coefficient (Wildman–Crippen LogP) is 4.26. The SMILES string of the molecule is O=C(N[C@H]1CN2CCC1CC2)c1ccc(Nc2nc3c(C4=CCN(C(=O)CCC(F)(F)F)CC4)cccn3n2)cc1. The molecule has 3 aromatic rings. The molecule has 0 spiro atoms. The Morgan fingerprint density at radius 1 is 1.05 bits per heavy atom. The Morgan fingerprint density at radius 2 is 1.83 bits per heavy atom. The van der Waals surface area contributed by atoms with E-state index in [4.69, 9.17) is 0 Å². The average Bonchev–Trinajstić information content (AvgIpc) is 3.39. The number of nitrogens with zero attached hydrogens (tertiary/aromatic N) is 5. The number of alkyl halides is 3. The quantitative estimate of drug-likeness (QED) is 0.443. The van der Waals surface area contributed by atoms with Gasteiger partial charge in [-0.05, 0) is 80.2 Å². The third-order valence-electron chi connectivity index (χ3n) is 8.27. The van der Waals surface area contributed by atoms with Crippen LogP contribution in [0.25, 0.3) is 11.2 Å². The van der Waals surface area contributed by atoms with Crippen LogP contribution in [0.1, 0.15) is 48.0 Å². The van der Waals surface area contributed by atoms with E-state index in [-0.39, 0.29) is 18.5 Å². The first-order valence-corrected chi connectivity index (χ1v) is 14.0. The van der Waals surface area contributed by atoms with Gasteiger partial charge in [-0.2, -0.15) is 18.2 Å². The molecule has 0 saturated carbocycles. The van der Waals surface area contributed by atoms with Crippen LogP contribution in [0, 0.1) is 5.92 Å². The standard InChI is InChI=1S/C29H32F3N7O2/c30-29(31,32)12-7-25(40)38-16-10-19(11-17-38)23-2-1-13-39-26(23)35-28(36-39)33-22-5-3-21(4-6-22)27(41)34-24-18-37-14-8-20(24)9-15-37/h1-6,10,13,20,24H,7-9,11-12,14-18H2,(H,33,36)(H,34,41)/t24-/m0/s1. The van der Waals surface area contributed by atoms with Gasteiger partial charge in [0.2, 0.25) is 11.9 Å². The Hall–Kier alpha value is -3.93. The summed E-state index contributed by atoms with van der Waals surface area (Å²) in [6, 6.07) is 11.2. The van der Waals surface area contributed by atoms with Gasteiger partial charge in [-0.3, -0.25) is 9.59 Å². The first-order chi connectivity index (χ1) is 19.7. The van der Waals surface area contributed by atoms with Crippen molar-refractivity contribution in [3.8, 4) is 0 Å². The number of nitrogens with one attached hydrogen (secondary N) is 2. The second-order valence-electron chi connectivity index (χ2n) is 11.0. The average molecular weight is 568 g/mol. The maximum atomic E-state index is 12.8. The van der Waals surface area contributed by atoms with Crippen molar-refractivity contribution >= 4 is 34.7 Å². The van der Waals surface area contributed by atoms with Crippen molar-refractivity contribution in [1.29, 1.82) is 0 Å². The molecule has 3 saturated heterocycles. The van der Waals surface area contributed by atoms with Gasteiger partial charge in [0.05, 0.1) is 6.42 Å². The monoisotopic (exact) mass is 567 g/mol. The molecule has 9 nitrogen and oxygen atoms in total. The largest absolute Gasteiger partial charge is 0.389 e. The minimum atomic E-state index is -4.34. The van der Waals surface area contributed by atoms with Crippen LogP contribution >= 0.6 is 0 Å². The van der Waals surface area contributed by atoms with Gasteiger partial charge >= 0.3 is 6.18 Å². The van der Waals surface area contributed by atoms with Gasteiger partial charge in [-0.25, -0.2) is 4.52 Å². The van der Waals surface area contributed by atoms with Gasteiger partial charge in [0.1, 0.15) is 0 Å². The molecule has 3 fully saturated rings. The van der Waals surface area contributed by atoms with E-state index >= 15 is 0 Å². The molecule has 12 heteroatoms. The van der Waals surface area contributed by atoms with Gasteiger partial charge in [0.15, 0.2) is 5.65 Å². The minimum Gasteiger partial charge on any atom is -0.348 e. The van der Waals surface area contributed by atoms with E-state index in [9.17, 15) is 22.8 Å². The number of fused-ring (bicyclic) bond motifs is 4. The molecule has 7 rings (SSSR count). The van der Waals surface area contributed by atoms with Crippen molar-refractivity contribution < 1.29 is 22.8 Å². The number of halogens is 3. The number of benzene rings is 1. The van der Waals surface area contributed by atoms with Crippen LogP contribution in [0.2, 0.25) is 0 Å². The summed E-state index contributed by atoms with van der Waals surface area (Å²) in [5.41, 5.74) is 3.80. The predicted molar refractivity (Wildman–Crippen MR) is 148 cm³/mol. The number of anilines is 2. The summed E-state index contributed by atoms with van der Waals surface area (Å²) in [7, 11) is 0. The Bertz CT molecular complexity index is 1460. The number of amides is 2. The van der Waals surface area contributed by atoms with E-state index in [1.165, 1.54) is 4.90 Å². The molecule has 6 heterocycles. The van der Waals surface area contributed by atoms with Gasteiger partial charge in [0.25, 0.3) is 5.91 Å². The summed E-state index contributed by atoms with van der Waals surface area (Å²) < 4.78 is 39.1. The van der Waals surface area contributed by atoms with Crippen molar-refractivity contribution in [2.45, 2.75) is 44.3 Å². The minimum absolute atomic E-state index is 0.0628. The Kier molecular flexibility index (Phi) is 7.41. The van der Waals surface area contributed by atoms with Crippen molar-refractivity contribution in [2.24, 2.45) is 5.92 Å². The highest BCUT2D eigenvalue weighted by molar-refractivity contribution is 5.94. The molecule has 2 aromatic heterocycles. The summed E-state index contributed by atoms with van der Waals surface area (Å²) in [5, 5.41) is 10.9. The Balaban J connectivity index is 1.09. The Morgan fingerprint density at radius 3 is 2.49 bits per heavy atom. The van der Waals surface area contributed by atoms with Gasteiger partial charge in [-0.1, -0.05) is 6.08 Å². The molecule has 4 aliphatic heterocycles. The lowest BCUT2D eigenvalue weighted by Gasteiger charge is -2.44. The highest BCUT2D eigenvalue weighted by Gasteiger charge is 2.35. The fourth-order valence-corrected chi connectivity index (χ4v) is 5.97. The fraction of sp³-hybridized carbons (Fsp3) is 0.448. The molecule has 216 valence electrons. The van der Waals surface area contributed by atoms with Gasteiger partial charge < -0.3 is 20.4 Å². The molecule has 1 aromatic carbocycles. The summed E-state index contributed by atoms with van der Waals surface area (Å²) in [6.07, 6.45) is 0.461. The van der Waals surface area contributed by atoms with Crippen molar-refractivity contribution in [3.63, 3.8) is 0 Å². The Labute approximate surface area is 235 Å². The fourth-order valence-electron chi connectivity index (χ4n) is 5.97. The molecule has 2 bridgehead atoms. The molecule has 0 radical (unpaired) electrons. The van der Waals surface area contributed by atoms with Gasteiger partial charge in [0, 0.05) is 55.1 Å². The highest BCUT2D eigenvalue weighted by atomic mass is 19.4. The smallest absolute Gasteiger partial charge is 0.348 e. The molecule has 2 amide bonds. The lowest BCUT2D eigenvalue weighted by molar-refractivity contribution is -0.148. The van der Waals surface area contributed by atoms with E-state index in [0.717, 1.165) is 49.3 Å². The number of hydrogen-bond acceptors (Lipinski definition) is 6. The molecule has 4 aliphatic rings. The molecule has 41 heavy (non-hydrogen) atoms. The molecule has 0 unspecified atom stereocenters. The lowest BCUT2D eigenvalue weighted by atomic mass is 9.84. The zero-order chi connectivity index (χ0) is 28.6. The van der Waals surface area contributed by atoms with E-state index in [2.05, 4.69) is 25.6 Å². The number of aromatic nitrogens is 3. The summed E-state index contributed by atoms with van der Waals surface area (Å²) in [4.78, 5) is 33.6. The maximum absolute atomic E-state index is 12.8. The summed E-state index contributed by atoms with van der Waals surface area (Å²) in [5.74, 6) is 0.395. The van der Waals surface area contributed by atoms with E-state index in [1.807, 2.05) is 30.3 Å². The molecule has 1 atom stereocenters. The van der Waals surface area contributed by atoms with Crippen LogP contribution in [-0.2, 0) is 4.79 Å². The number of pyridine rings is 1. The third-order valence-corrected chi connectivity index (χ3v) is 8.27. The number of carbonyl (C=O) groups excluding carboxylic acids is 2. The molecule has 0 aliphatic carbocycles. The molecular weight excluding hydrogens is 535 g/mol. The summed E-state index contributed by atoms with van der Waals surface area (Å²) >= 11 is 0. The summed E-state index contributed by atoms with van der Waals surface area (Å²) in [6.45, 7) is 3.78. The molecule has 2 N–H and O–H groups in total. The zero-order valence-electron chi connectivity index (χ0n) is 22.5. The van der Waals surface area contributed by atoms with E-state index in [1.54, 1.807) is 22.8 Å². The van der Waals surface area contributed by atoms with Gasteiger partial charge in [-0.15, -0.1) is 5.10 Å². The first kappa shape index (κ1) is 27.3. The maximum Gasteiger partial charge on any atom is 0.389 e. The van der Waals surface area contributed by atoms with Crippen LogP contribution in [0.3, 0.4) is 0 Å². The molecular formula is C29H32F3N7O2.